The molecule has 1 atom stereocenters. The third-order valence-electron chi connectivity index (χ3n) is 5.91. The monoisotopic (exact) mass is 469 g/mol. The second-order valence-corrected chi connectivity index (χ2v) is 8.45. The van der Waals surface area contributed by atoms with E-state index in [1.165, 1.54) is 6.92 Å². The summed E-state index contributed by atoms with van der Waals surface area (Å²) < 4.78 is 10.5. The van der Waals surface area contributed by atoms with Crippen LogP contribution in [0.15, 0.2) is 59.1 Å². The number of hydrogen-bond donors (Lipinski definition) is 2. The summed E-state index contributed by atoms with van der Waals surface area (Å²) in [5.41, 5.74) is 4.58. The molecular weight excluding hydrogens is 446 g/mol. The maximum atomic E-state index is 13.4. The molecule has 0 saturated heterocycles. The minimum atomic E-state index is -1.05. The highest BCUT2D eigenvalue weighted by atomic mass is 16.5. The minimum absolute atomic E-state index is 0.199. The fourth-order valence-electron chi connectivity index (χ4n) is 4.21. The number of ether oxygens (including phenoxy) is 1. The Kier molecular flexibility index (Phi) is 5.78. The standard InChI is InChI=1S/C27H23N3O5/c1-15-13-23(30-35-15)29-26(32)16(2)34-27(33)24-20-5-3-4-6-22(20)28-25-18(9-12-21(24)25)14-17-7-10-19(31)11-8-17/h3-8,10-11,13-14,16,31H,9,12H2,1-2H3,(H,29,30,32)/b18-14+. The summed E-state index contributed by atoms with van der Waals surface area (Å²) in [6, 6.07) is 15.9. The van der Waals surface area contributed by atoms with Crippen LogP contribution >= 0.6 is 0 Å². The Morgan fingerprint density at radius 3 is 2.66 bits per heavy atom. The number of aromatic nitrogens is 2. The van der Waals surface area contributed by atoms with E-state index in [2.05, 4.69) is 10.5 Å². The number of aromatic hydroxyl groups is 1. The van der Waals surface area contributed by atoms with Gasteiger partial charge in [0, 0.05) is 11.5 Å². The third kappa shape index (κ3) is 4.50. The van der Waals surface area contributed by atoms with Gasteiger partial charge in [-0.15, -0.1) is 0 Å². The molecule has 1 amide bonds. The molecule has 0 saturated carbocycles. The van der Waals surface area contributed by atoms with Crippen LogP contribution in [0.1, 0.15) is 46.3 Å². The van der Waals surface area contributed by atoms with Gasteiger partial charge in [-0.3, -0.25) is 4.79 Å². The first-order valence-electron chi connectivity index (χ1n) is 11.3. The summed E-state index contributed by atoms with van der Waals surface area (Å²) in [5.74, 6) is -0.0705. The van der Waals surface area contributed by atoms with E-state index in [-0.39, 0.29) is 11.6 Å². The van der Waals surface area contributed by atoms with Crippen molar-refractivity contribution in [2.75, 3.05) is 5.32 Å². The fraction of sp³-hybridized carbons (Fsp3) is 0.185. The predicted octanol–water partition coefficient (Wildman–Crippen LogP) is 4.91. The van der Waals surface area contributed by atoms with Gasteiger partial charge in [-0.05, 0) is 67.7 Å². The average molecular weight is 469 g/mol. The van der Waals surface area contributed by atoms with Gasteiger partial charge < -0.3 is 19.7 Å². The van der Waals surface area contributed by atoms with E-state index in [9.17, 15) is 14.7 Å². The Hall–Kier alpha value is -4.46. The highest BCUT2D eigenvalue weighted by molar-refractivity contribution is 6.08. The van der Waals surface area contributed by atoms with Crippen molar-refractivity contribution in [3.8, 4) is 5.75 Å². The van der Waals surface area contributed by atoms with Gasteiger partial charge >= 0.3 is 5.97 Å². The summed E-state index contributed by atoms with van der Waals surface area (Å²) in [5, 5.41) is 16.6. The molecule has 0 radical (unpaired) electrons. The normalized spacial score (nSPS) is 14.6. The number of pyridine rings is 1. The molecule has 1 aliphatic rings. The number of hydrogen-bond acceptors (Lipinski definition) is 7. The van der Waals surface area contributed by atoms with Crippen LogP contribution in [-0.2, 0) is 16.0 Å². The lowest BCUT2D eigenvalue weighted by atomic mass is 10.0. The number of anilines is 1. The molecule has 8 nitrogen and oxygen atoms in total. The van der Waals surface area contributed by atoms with E-state index in [0.29, 0.717) is 35.1 Å². The molecule has 4 aromatic rings. The zero-order chi connectivity index (χ0) is 24.5. The zero-order valence-corrected chi connectivity index (χ0v) is 19.2. The lowest BCUT2D eigenvalue weighted by Gasteiger charge is -2.16. The Bertz CT molecular complexity index is 1470. The number of phenolic OH excluding ortho intramolecular Hbond substituents is 1. The second kappa shape index (κ2) is 9.06. The Labute approximate surface area is 201 Å². The maximum absolute atomic E-state index is 13.4. The van der Waals surface area contributed by atoms with Crippen molar-refractivity contribution < 1.29 is 24.0 Å². The highest BCUT2D eigenvalue weighted by Gasteiger charge is 2.29. The molecule has 0 bridgehead atoms. The number of nitrogens with one attached hydrogen (secondary N) is 1. The van der Waals surface area contributed by atoms with Crippen LogP contribution in [0.5, 0.6) is 5.75 Å². The molecule has 2 heterocycles. The van der Waals surface area contributed by atoms with Gasteiger partial charge in [0.2, 0.25) is 0 Å². The zero-order valence-electron chi connectivity index (χ0n) is 19.2. The van der Waals surface area contributed by atoms with Crippen LogP contribution in [0.3, 0.4) is 0 Å². The molecule has 8 heteroatoms. The quantitative estimate of drug-likeness (QED) is 0.399. The first-order chi connectivity index (χ1) is 16.9. The van der Waals surface area contributed by atoms with E-state index < -0.39 is 18.0 Å². The molecule has 5 rings (SSSR count). The van der Waals surface area contributed by atoms with Gasteiger partial charge in [-0.2, -0.15) is 0 Å². The molecule has 2 N–H and O–H groups in total. The van der Waals surface area contributed by atoms with Gasteiger partial charge in [0.25, 0.3) is 5.91 Å². The van der Waals surface area contributed by atoms with Crippen molar-refractivity contribution >= 4 is 40.2 Å². The van der Waals surface area contributed by atoms with Gasteiger partial charge in [0.05, 0.1) is 16.8 Å². The molecule has 1 aliphatic carbocycles. The molecule has 35 heavy (non-hydrogen) atoms. The van der Waals surface area contributed by atoms with Crippen molar-refractivity contribution in [2.24, 2.45) is 0 Å². The first kappa shape index (κ1) is 22.3. The van der Waals surface area contributed by atoms with Crippen LogP contribution < -0.4 is 5.32 Å². The Morgan fingerprint density at radius 1 is 1.14 bits per heavy atom. The number of esters is 1. The number of phenols is 1. The molecule has 0 spiro atoms. The average Bonchev–Trinajstić information content (AvgIpc) is 3.44. The minimum Gasteiger partial charge on any atom is -0.508 e. The number of aryl methyl sites for hydroxylation is 1. The second-order valence-electron chi connectivity index (χ2n) is 8.45. The summed E-state index contributed by atoms with van der Waals surface area (Å²) in [6.07, 6.45) is 2.30. The Morgan fingerprint density at radius 2 is 1.91 bits per heavy atom. The van der Waals surface area contributed by atoms with E-state index in [1.54, 1.807) is 25.1 Å². The van der Waals surface area contributed by atoms with Gasteiger partial charge in [0.1, 0.15) is 11.5 Å². The fourth-order valence-corrected chi connectivity index (χ4v) is 4.21. The maximum Gasteiger partial charge on any atom is 0.339 e. The molecule has 0 fully saturated rings. The topological polar surface area (TPSA) is 115 Å². The Balaban J connectivity index is 1.47. The number of carbonyl (C=O) groups is 2. The molecular formula is C27H23N3O5. The summed E-state index contributed by atoms with van der Waals surface area (Å²) in [4.78, 5) is 30.8. The number of amides is 1. The lowest BCUT2D eigenvalue weighted by molar-refractivity contribution is -0.123. The largest absolute Gasteiger partial charge is 0.508 e. The number of fused-ring (bicyclic) bond motifs is 2. The molecule has 1 unspecified atom stereocenters. The SMILES string of the molecule is Cc1cc(NC(=O)C(C)OC(=O)c2c3c(nc4ccccc24)/C(=C/c2ccc(O)cc2)CC3)no1. The number of allylic oxidation sites excluding steroid dienone is 1. The van der Waals surface area contributed by atoms with Crippen LogP contribution in [0.4, 0.5) is 5.82 Å². The summed E-state index contributed by atoms with van der Waals surface area (Å²) in [6.45, 7) is 3.23. The van der Waals surface area contributed by atoms with Gasteiger partial charge in [-0.25, -0.2) is 9.78 Å². The van der Waals surface area contributed by atoms with Crippen LogP contribution in [0.2, 0.25) is 0 Å². The molecule has 2 aromatic heterocycles. The van der Waals surface area contributed by atoms with Gasteiger partial charge in [0.15, 0.2) is 11.9 Å². The lowest BCUT2D eigenvalue weighted by Crippen LogP contribution is -2.30. The number of benzene rings is 2. The third-order valence-corrected chi connectivity index (χ3v) is 5.91. The summed E-state index contributed by atoms with van der Waals surface area (Å²) >= 11 is 0. The number of para-hydroxylation sites is 1. The van der Waals surface area contributed by atoms with Crippen LogP contribution in [-0.4, -0.2) is 33.2 Å². The van der Waals surface area contributed by atoms with Gasteiger partial charge in [-0.1, -0.05) is 35.5 Å². The van der Waals surface area contributed by atoms with Crippen molar-refractivity contribution in [2.45, 2.75) is 32.8 Å². The number of nitrogens with zero attached hydrogens (tertiary/aromatic N) is 2. The number of carbonyl (C=O) groups excluding carboxylic acids is 2. The van der Waals surface area contributed by atoms with Crippen molar-refractivity contribution in [3.63, 3.8) is 0 Å². The van der Waals surface area contributed by atoms with Crippen molar-refractivity contribution in [3.05, 3.63) is 82.7 Å². The van der Waals surface area contributed by atoms with Crippen LogP contribution in [0.25, 0.3) is 22.6 Å². The van der Waals surface area contributed by atoms with E-state index >= 15 is 0 Å². The van der Waals surface area contributed by atoms with E-state index in [4.69, 9.17) is 14.2 Å². The van der Waals surface area contributed by atoms with Crippen molar-refractivity contribution in [1.29, 1.82) is 0 Å². The molecule has 0 aliphatic heterocycles. The number of rotatable bonds is 5. The first-order valence-corrected chi connectivity index (χ1v) is 11.3. The molecule has 2 aromatic carbocycles. The highest BCUT2D eigenvalue weighted by Crippen LogP contribution is 2.38. The van der Waals surface area contributed by atoms with E-state index in [0.717, 1.165) is 22.4 Å². The van der Waals surface area contributed by atoms with Crippen LogP contribution in [0, 0.1) is 6.92 Å². The molecule has 176 valence electrons. The smallest absolute Gasteiger partial charge is 0.339 e. The van der Waals surface area contributed by atoms with E-state index in [1.807, 2.05) is 42.5 Å². The van der Waals surface area contributed by atoms with Crippen molar-refractivity contribution in [1.82, 2.24) is 10.1 Å². The summed E-state index contributed by atoms with van der Waals surface area (Å²) in [7, 11) is 0. The predicted molar refractivity (Wildman–Crippen MR) is 131 cm³/mol.